The summed E-state index contributed by atoms with van der Waals surface area (Å²) in [4.78, 5) is 9.37. The summed E-state index contributed by atoms with van der Waals surface area (Å²) in [5, 5.41) is 19.2. The lowest BCUT2D eigenvalue weighted by Crippen LogP contribution is -2.52. The van der Waals surface area contributed by atoms with Gasteiger partial charge in [-0.2, -0.15) is 10.4 Å². The second-order valence-electron chi connectivity index (χ2n) is 5.90. The number of benzene rings is 1. The van der Waals surface area contributed by atoms with Crippen LogP contribution in [0.2, 0.25) is 0 Å². The summed E-state index contributed by atoms with van der Waals surface area (Å²) in [6.45, 7) is 5.92. The number of likely N-dealkylation sites (N-methyl/N-ethyl adjacent to an activating group) is 1. The first kappa shape index (κ1) is 15.4. The first-order valence-electron chi connectivity index (χ1n) is 7.79. The Hall–Kier alpha value is -2.46. The molecule has 2 aliphatic rings. The third-order valence-electron chi connectivity index (χ3n) is 4.37. The molecule has 0 amide bonds. The topological polar surface area (TPSA) is 70.6 Å². The van der Waals surface area contributed by atoms with Gasteiger partial charge in [-0.3, -0.25) is 0 Å². The van der Waals surface area contributed by atoms with E-state index in [1.165, 1.54) is 0 Å². The Labute approximate surface area is 136 Å². The molecule has 2 heterocycles. The van der Waals surface area contributed by atoms with E-state index in [1.54, 1.807) is 7.05 Å². The molecular weight excluding hydrogens is 290 g/mol. The number of hydrogen-bond donors (Lipinski definition) is 0. The lowest BCUT2D eigenvalue weighted by Gasteiger charge is -2.40. The van der Waals surface area contributed by atoms with Crippen molar-refractivity contribution in [3.8, 4) is 6.07 Å². The fourth-order valence-corrected chi connectivity index (χ4v) is 2.96. The van der Waals surface area contributed by atoms with E-state index in [-0.39, 0.29) is 6.04 Å². The van der Waals surface area contributed by atoms with Gasteiger partial charge in [-0.25, -0.2) is 10.0 Å². The summed E-state index contributed by atoms with van der Waals surface area (Å²) >= 11 is 0. The highest BCUT2D eigenvalue weighted by atomic mass is 15.6. The zero-order valence-electron chi connectivity index (χ0n) is 13.8. The van der Waals surface area contributed by atoms with Gasteiger partial charge >= 0.3 is 0 Å². The van der Waals surface area contributed by atoms with Crippen molar-refractivity contribution in [3.05, 3.63) is 29.3 Å². The maximum atomic E-state index is 9.12. The SMILES string of the molecule is CN=NN1C(N2CCN(C)CC2)=Nc2ccc(C#N)cc2C1C. The van der Waals surface area contributed by atoms with E-state index in [4.69, 9.17) is 10.3 Å². The Kier molecular flexibility index (Phi) is 4.26. The summed E-state index contributed by atoms with van der Waals surface area (Å²) in [6, 6.07) is 7.80. The molecule has 0 saturated carbocycles. The van der Waals surface area contributed by atoms with Gasteiger partial charge in [0, 0.05) is 31.7 Å². The van der Waals surface area contributed by atoms with Crippen molar-refractivity contribution in [3.63, 3.8) is 0 Å². The van der Waals surface area contributed by atoms with Gasteiger partial charge in [0.2, 0.25) is 5.96 Å². The van der Waals surface area contributed by atoms with Gasteiger partial charge in [0.25, 0.3) is 0 Å². The highest BCUT2D eigenvalue weighted by molar-refractivity contribution is 5.86. The molecule has 0 spiro atoms. The van der Waals surface area contributed by atoms with Crippen LogP contribution in [-0.2, 0) is 0 Å². The number of aliphatic imine (C=N–C) groups is 1. The van der Waals surface area contributed by atoms with Gasteiger partial charge in [0.15, 0.2) is 0 Å². The summed E-state index contributed by atoms with van der Waals surface area (Å²) in [5.41, 5.74) is 2.56. The van der Waals surface area contributed by atoms with E-state index >= 15 is 0 Å². The lowest BCUT2D eigenvalue weighted by molar-refractivity contribution is 0.183. The molecule has 7 nitrogen and oxygen atoms in total. The van der Waals surface area contributed by atoms with Gasteiger partial charge in [-0.15, -0.1) is 0 Å². The Morgan fingerprint density at radius 2 is 2.00 bits per heavy atom. The second kappa shape index (κ2) is 6.34. The van der Waals surface area contributed by atoms with Gasteiger partial charge in [0.1, 0.15) is 0 Å². The summed E-state index contributed by atoms with van der Waals surface area (Å²) in [7, 11) is 3.79. The van der Waals surface area contributed by atoms with Gasteiger partial charge in [-0.1, -0.05) is 5.22 Å². The van der Waals surface area contributed by atoms with E-state index < -0.39 is 0 Å². The minimum atomic E-state index is -0.00541. The summed E-state index contributed by atoms with van der Waals surface area (Å²) in [5.74, 6) is 0.841. The first-order chi connectivity index (χ1) is 11.1. The molecule has 0 aliphatic carbocycles. The fourth-order valence-electron chi connectivity index (χ4n) is 2.96. The van der Waals surface area contributed by atoms with Crippen LogP contribution in [0, 0.1) is 11.3 Å². The van der Waals surface area contributed by atoms with Crippen molar-refractivity contribution in [2.75, 3.05) is 40.3 Å². The number of rotatable bonds is 1. The predicted octanol–water partition coefficient (Wildman–Crippen LogP) is 2.17. The molecule has 1 atom stereocenters. The van der Waals surface area contributed by atoms with Crippen LogP contribution in [0.5, 0.6) is 0 Å². The number of hydrogen-bond acceptors (Lipinski definition) is 6. The van der Waals surface area contributed by atoms with Gasteiger partial charge in [-0.05, 0) is 32.2 Å². The van der Waals surface area contributed by atoms with Crippen molar-refractivity contribution in [1.82, 2.24) is 14.8 Å². The van der Waals surface area contributed by atoms with Gasteiger partial charge < -0.3 is 9.80 Å². The molecule has 23 heavy (non-hydrogen) atoms. The highest BCUT2D eigenvalue weighted by Gasteiger charge is 2.32. The van der Waals surface area contributed by atoms with Crippen molar-refractivity contribution in [2.45, 2.75) is 13.0 Å². The Bertz CT molecular complexity index is 680. The predicted molar refractivity (Wildman–Crippen MR) is 88.4 cm³/mol. The molecule has 0 N–H and O–H groups in total. The van der Waals surface area contributed by atoms with Crippen molar-refractivity contribution >= 4 is 11.6 Å². The number of piperazine rings is 1. The van der Waals surface area contributed by atoms with E-state index in [1.807, 2.05) is 23.2 Å². The Morgan fingerprint density at radius 1 is 1.26 bits per heavy atom. The van der Waals surface area contributed by atoms with E-state index in [0.29, 0.717) is 5.56 Å². The maximum Gasteiger partial charge on any atom is 0.224 e. The second-order valence-corrected chi connectivity index (χ2v) is 5.90. The summed E-state index contributed by atoms with van der Waals surface area (Å²) in [6.07, 6.45) is 0. The van der Waals surface area contributed by atoms with Crippen LogP contribution >= 0.6 is 0 Å². The zero-order chi connectivity index (χ0) is 16.4. The molecule has 1 aromatic carbocycles. The number of fused-ring (bicyclic) bond motifs is 1. The smallest absolute Gasteiger partial charge is 0.224 e. The average molecular weight is 311 g/mol. The van der Waals surface area contributed by atoms with Crippen LogP contribution in [-0.4, -0.2) is 61.0 Å². The molecule has 1 saturated heterocycles. The maximum absolute atomic E-state index is 9.12. The molecule has 2 aliphatic heterocycles. The average Bonchev–Trinajstić information content (AvgIpc) is 2.58. The quantitative estimate of drug-likeness (QED) is 0.745. The minimum Gasteiger partial charge on any atom is -0.338 e. The standard InChI is InChI=1S/C16H21N7/c1-12-14-10-13(11-17)4-5-15(14)19-16(23(12)20-18-2)22-8-6-21(3)7-9-22/h4-5,10,12H,6-9H2,1-3H3. The van der Waals surface area contributed by atoms with Crippen LogP contribution in [0.1, 0.15) is 24.1 Å². The molecule has 1 unspecified atom stereocenters. The molecule has 0 radical (unpaired) electrons. The third kappa shape index (κ3) is 2.90. The summed E-state index contributed by atoms with van der Waals surface area (Å²) < 4.78 is 0. The highest BCUT2D eigenvalue weighted by Crippen LogP contribution is 2.36. The molecule has 3 rings (SSSR count). The monoisotopic (exact) mass is 311 g/mol. The lowest BCUT2D eigenvalue weighted by atomic mass is 10.0. The Morgan fingerprint density at radius 3 is 2.65 bits per heavy atom. The van der Waals surface area contributed by atoms with Gasteiger partial charge in [0.05, 0.1) is 30.4 Å². The van der Waals surface area contributed by atoms with Crippen molar-refractivity contribution in [2.24, 2.45) is 15.3 Å². The normalized spacial score (nSPS) is 22.0. The molecule has 120 valence electrons. The molecule has 7 heteroatoms. The molecule has 1 fully saturated rings. The van der Waals surface area contributed by atoms with Crippen LogP contribution in [0.3, 0.4) is 0 Å². The molecule has 1 aromatic rings. The molecule has 0 bridgehead atoms. The number of nitrogens with zero attached hydrogens (tertiary/aromatic N) is 7. The minimum absolute atomic E-state index is 0.00541. The Balaban J connectivity index is 2.01. The molecule has 0 aromatic heterocycles. The molecular formula is C16H21N7. The fraction of sp³-hybridized carbons (Fsp3) is 0.500. The first-order valence-corrected chi connectivity index (χ1v) is 7.79. The van der Waals surface area contributed by atoms with E-state index in [2.05, 4.69) is 40.2 Å². The van der Waals surface area contributed by atoms with E-state index in [9.17, 15) is 0 Å². The number of guanidine groups is 1. The largest absolute Gasteiger partial charge is 0.338 e. The zero-order valence-corrected chi connectivity index (χ0v) is 13.8. The van der Waals surface area contributed by atoms with Crippen molar-refractivity contribution < 1.29 is 0 Å². The van der Waals surface area contributed by atoms with Crippen LogP contribution in [0.25, 0.3) is 0 Å². The van der Waals surface area contributed by atoms with Crippen LogP contribution < -0.4 is 0 Å². The van der Waals surface area contributed by atoms with E-state index in [0.717, 1.165) is 43.4 Å². The van der Waals surface area contributed by atoms with Crippen molar-refractivity contribution in [1.29, 1.82) is 5.26 Å². The third-order valence-corrected chi connectivity index (χ3v) is 4.37. The van der Waals surface area contributed by atoms with Crippen LogP contribution in [0.15, 0.2) is 33.5 Å². The van der Waals surface area contributed by atoms with Crippen LogP contribution in [0.4, 0.5) is 5.69 Å². The number of nitriles is 1.